The van der Waals surface area contributed by atoms with Crippen LogP contribution in [0.3, 0.4) is 0 Å². The zero-order chi connectivity index (χ0) is 20.7. The molecule has 0 fully saturated rings. The van der Waals surface area contributed by atoms with E-state index < -0.39 is 22.2 Å². The van der Waals surface area contributed by atoms with Crippen molar-refractivity contribution in [3.63, 3.8) is 0 Å². The fourth-order valence-corrected chi connectivity index (χ4v) is 4.09. The molecule has 0 aromatic heterocycles. The van der Waals surface area contributed by atoms with Crippen molar-refractivity contribution in [1.29, 1.82) is 0 Å². The number of aliphatic hydroxyl groups is 1. The Kier molecular flexibility index (Phi) is 7.62. The summed E-state index contributed by atoms with van der Waals surface area (Å²) in [6.07, 6.45) is 1.41. The lowest BCUT2D eigenvalue weighted by Crippen LogP contribution is -2.31. The molecule has 0 heterocycles. The minimum atomic E-state index is -3.78. The summed E-state index contributed by atoms with van der Waals surface area (Å²) in [5, 5.41) is 10.2. The highest BCUT2D eigenvalue weighted by molar-refractivity contribution is 7.89. The van der Waals surface area contributed by atoms with Crippen LogP contribution in [0.5, 0.6) is 11.5 Å². The van der Waals surface area contributed by atoms with Gasteiger partial charge >= 0.3 is 0 Å². The lowest BCUT2D eigenvalue weighted by Gasteiger charge is -2.23. The van der Waals surface area contributed by atoms with Gasteiger partial charge in [0.15, 0.2) is 11.5 Å². The average Bonchev–Trinajstić information content (AvgIpc) is 2.67. The summed E-state index contributed by atoms with van der Waals surface area (Å²) in [6.45, 7) is 5.52. The molecule has 7 heteroatoms. The second-order valence-electron chi connectivity index (χ2n) is 6.52. The van der Waals surface area contributed by atoms with Gasteiger partial charge in [0.05, 0.1) is 25.2 Å². The number of aryl methyl sites for hydroxylation is 1. The summed E-state index contributed by atoms with van der Waals surface area (Å²) in [7, 11) is -0.735. The molecule has 2 N–H and O–H groups in total. The first kappa shape index (κ1) is 21.9. The summed E-state index contributed by atoms with van der Waals surface area (Å²) in [6, 6.07) is 11.1. The van der Waals surface area contributed by atoms with Crippen LogP contribution in [-0.4, -0.2) is 33.8 Å². The Balaban J connectivity index is 2.39. The standard InChI is InChI=1S/C21H27NO5S/c1-5-6-17(23)14-19(16-9-12-20(26-3)21(13-16)27-4)22-28(24,25)18-10-7-15(2)8-11-18/h5,7-13,17,19,22-23H,1,6,14H2,2-4H3/t17-,19+/m1/s1. The molecule has 2 atom stereocenters. The molecule has 2 aromatic rings. The second kappa shape index (κ2) is 9.73. The normalized spacial score (nSPS) is 13.6. The Hall–Kier alpha value is -2.35. The zero-order valence-electron chi connectivity index (χ0n) is 16.4. The van der Waals surface area contributed by atoms with Crippen LogP contribution in [-0.2, 0) is 10.0 Å². The van der Waals surface area contributed by atoms with Gasteiger partial charge in [-0.05, 0) is 49.6 Å². The van der Waals surface area contributed by atoms with Gasteiger partial charge in [-0.25, -0.2) is 13.1 Å². The molecule has 0 aliphatic rings. The molecule has 2 rings (SSSR count). The van der Waals surface area contributed by atoms with Crippen LogP contribution < -0.4 is 14.2 Å². The van der Waals surface area contributed by atoms with Crippen LogP contribution >= 0.6 is 0 Å². The highest BCUT2D eigenvalue weighted by Gasteiger charge is 2.24. The SMILES string of the molecule is C=CC[C@@H](O)C[C@H](NS(=O)(=O)c1ccc(C)cc1)c1ccc(OC)c(OC)c1. The van der Waals surface area contributed by atoms with E-state index in [0.29, 0.717) is 23.5 Å². The van der Waals surface area contributed by atoms with Crippen molar-refractivity contribution < 1.29 is 23.0 Å². The van der Waals surface area contributed by atoms with Crippen molar-refractivity contribution in [2.24, 2.45) is 0 Å². The third-order valence-corrected chi connectivity index (χ3v) is 5.87. The lowest BCUT2D eigenvalue weighted by atomic mass is 9.99. The molecule has 28 heavy (non-hydrogen) atoms. The van der Waals surface area contributed by atoms with Crippen LogP contribution in [0, 0.1) is 6.92 Å². The van der Waals surface area contributed by atoms with E-state index in [2.05, 4.69) is 11.3 Å². The highest BCUT2D eigenvalue weighted by Crippen LogP contribution is 2.32. The third-order valence-electron chi connectivity index (χ3n) is 4.39. The van der Waals surface area contributed by atoms with Crippen molar-refractivity contribution >= 4 is 10.0 Å². The Morgan fingerprint density at radius 1 is 1.11 bits per heavy atom. The van der Waals surface area contributed by atoms with E-state index in [9.17, 15) is 13.5 Å². The minimum absolute atomic E-state index is 0.168. The number of ether oxygens (including phenoxy) is 2. The summed E-state index contributed by atoms with van der Waals surface area (Å²) in [5.74, 6) is 1.02. The highest BCUT2D eigenvalue weighted by atomic mass is 32.2. The molecule has 0 aliphatic carbocycles. The van der Waals surface area contributed by atoms with Gasteiger partial charge in [-0.3, -0.25) is 0 Å². The third kappa shape index (κ3) is 5.58. The first-order chi connectivity index (χ1) is 13.3. The molecule has 2 aromatic carbocycles. The van der Waals surface area contributed by atoms with Crippen molar-refractivity contribution in [1.82, 2.24) is 4.72 Å². The van der Waals surface area contributed by atoms with E-state index in [-0.39, 0.29) is 11.3 Å². The predicted octanol–water partition coefficient (Wildman–Crippen LogP) is 3.36. The Bertz CT molecular complexity index is 894. The number of sulfonamides is 1. The van der Waals surface area contributed by atoms with E-state index in [1.165, 1.54) is 14.2 Å². The van der Waals surface area contributed by atoms with Crippen LogP contribution in [0.1, 0.15) is 30.0 Å². The van der Waals surface area contributed by atoms with Crippen LogP contribution in [0.15, 0.2) is 60.0 Å². The lowest BCUT2D eigenvalue weighted by molar-refractivity contribution is 0.156. The van der Waals surface area contributed by atoms with Gasteiger partial charge in [0, 0.05) is 6.04 Å². The maximum Gasteiger partial charge on any atom is 0.241 e. The van der Waals surface area contributed by atoms with Crippen molar-refractivity contribution in [3.05, 3.63) is 66.2 Å². The number of hydrogen-bond donors (Lipinski definition) is 2. The Morgan fingerprint density at radius 2 is 1.75 bits per heavy atom. The Labute approximate surface area is 166 Å². The first-order valence-corrected chi connectivity index (χ1v) is 10.4. The number of hydrogen-bond acceptors (Lipinski definition) is 5. The van der Waals surface area contributed by atoms with E-state index in [1.807, 2.05) is 6.92 Å². The molecule has 0 spiro atoms. The van der Waals surface area contributed by atoms with Gasteiger partial charge in [-0.2, -0.15) is 0 Å². The smallest absolute Gasteiger partial charge is 0.241 e. The first-order valence-electron chi connectivity index (χ1n) is 8.90. The molecule has 0 bridgehead atoms. The summed E-state index contributed by atoms with van der Waals surface area (Å²) in [5.41, 5.74) is 1.63. The van der Waals surface area contributed by atoms with E-state index in [4.69, 9.17) is 9.47 Å². The van der Waals surface area contributed by atoms with Crippen molar-refractivity contribution in [3.8, 4) is 11.5 Å². The maximum absolute atomic E-state index is 12.9. The molecule has 6 nitrogen and oxygen atoms in total. The fourth-order valence-electron chi connectivity index (χ4n) is 2.86. The van der Waals surface area contributed by atoms with E-state index in [0.717, 1.165) is 5.56 Å². The number of nitrogens with one attached hydrogen (secondary N) is 1. The monoisotopic (exact) mass is 405 g/mol. The van der Waals surface area contributed by atoms with Crippen LogP contribution in [0.2, 0.25) is 0 Å². The van der Waals surface area contributed by atoms with Crippen molar-refractivity contribution in [2.75, 3.05) is 14.2 Å². The molecule has 0 unspecified atom stereocenters. The number of benzene rings is 2. The van der Waals surface area contributed by atoms with E-state index in [1.54, 1.807) is 48.5 Å². The summed E-state index contributed by atoms with van der Waals surface area (Å²) in [4.78, 5) is 0.168. The van der Waals surface area contributed by atoms with E-state index >= 15 is 0 Å². The van der Waals surface area contributed by atoms with Gasteiger partial charge < -0.3 is 14.6 Å². The number of methoxy groups -OCH3 is 2. The molecule has 0 saturated carbocycles. The molecule has 0 aliphatic heterocycles. The molecule has 152 valence electrons. The quantitative estimate of drug-likeness (QED) is 0.592. The average molecular weight is 406 g/mol. The fraction of sp³-hybridized carbons (Fsp3) is 0.333. The van der Waals surface area contributed by atoms with Gasteiger partial charge in [-0.15, -0.1) is 6.58 Å². The van der Waals surface area contributed by atoms with Gasteiger partial charge in [0.2, 0.25) is 10.0 Å². The van der Waals surface area contributed by atoms with Crippen LogP contribution in [0.25, 0.3) is 0 Å². The van der Waals surface area contributed by atoms with Crippen LogP contribution in [0.4, 0.5) is 0 Å². The number of aliphatic hydroxyl groups excluding tert-OH is 1. The van der Waals surface area contributed by atoms with Crippen molar-refractivity contribution in [2.45, 2.75) is 36.8 Å². The van der Waals surface area contributed by atoms with Gasteiger partial charge in [-0.1, -0.05) is 29.8 Å². The predicted molar refractivity (Wildman–Crippen MR) is 109 cm³/mol. The molecular formula is C21H27NO5S. The largest absolute Gasteiger partial charge is 0.493 e. The zero-order valence-corrected chi connectivity index (χ0v) is 17.2. The molecule has 0 saturated heterocycles. The number of rotatable bonds is 10. The van der Waals surface area contributed by atoms with Gasteiger partial charge in [0.25, 0.3) is 0 Å². The topological polar surface area (TPSA) is 84.9 Å². The Morgan fingerprint density at radius 3 is 2.32 bits per heavy atom. The van der Waals surface area contributed by atoms with Gasteiger partial charge in [0.1, 0.15) is 0 Å². The summed E-state index contributed by atoms with van der Waals surface area (Å²) >= 11 is 0. The second-order valence-corrected chi connectivity index (χ2v) is 8.23. The summed E-state index contributed by atoms with van der Waals surface area (Å²) < 4.78 is 39.0. The minimum Gasteiger partial charge on any atom is -0.493 e. The molecular weight excluding hydrogens is 378 g/mol. The molecule has 0 amide bonds. The maximum atomic E-state index is 12.9. The molecule has 0 radical (unpaired) electrons.